The second-order valence-electron chi connectivity index (χ2n) is 5.82. The number of hydrogen-bond donors (Lipinski definition) is 1. The van der Waals surface area contributed by atoms with Crippen molar-refractivity contribution in [1.29, 1.82) is 0 Å². The van der Waals surface area contributed by atoms with Crippen LogP contribution in [0.2, 0.25) is 0 Å². The highest BCUT2D eigenvalue weighted by molar-refractivity contribution is 5.85. The predicted octanol–water partition coefficient (Wildman–Crippen LogP) is 4.84. The van der Waals surface area contributed by atoms with Gasteiger partial charge in [-0.1, -0.05) is 23.8 Å². The zero-order valence-corrected chi connectivity index (χ0v) is 14.1. The van der Waals surface area contributed by atoms with Gasteiger partial charge >= 0.3 is 0 Å². The lowest BCUT2D eigenvalue weighted by atomic mass is 10.1. The van der Waals surface area contributed by atoms with Gasteiger partial charge in [-0.2, -0.15) is 0 Å². The molecule has 0 aliphatic heterocycles. The first-order chi connectivity index (χ1) is 11.6. The summed E-state index contributed by atoms with van der Waals surface area (Å²) < 4.78 is 0. The maximum absolute atomic E-state index is 4.64. The van der Waals surface area contributed by atoms with E-state index in [-0.39, 0.29) is 0 Å². The van der Waals surface area contributed by atoms with Crippen molar-refractivity contribution in [2.24, 2.45) is 9.98 Å². The smallest absolute Gasteiger partial charge is 0.151 e. The lowest BCUT2D eigenvalue weighted by Gasteiger charge is -2.05. The average Bonchev–Trinajstić information content (AvgIpc) is 3.01. The fraction of sp³-hybridized carbons (Fsp3) is 0.150. The monoisotopic (exact) mass is 316 g/mol. The molecule has 3 aromatic rings. The number of nitrogens with one attached hydrogen (secondary N) is 1. The molecule has 0 fully saturated rings. The molecule has 2 aromatic heterocycles. The van der Waals surface area contributed by atoms with Crippen LogP contribution >= 0.6 is 0 Å². The van der Waals surface area contributed by atoms with Crippen LogP contribution in [-0.4, -0.2) is 22.4 Å². The van der Waals surface area contributed by atoms with E-state index in [1.54, 1.807) is 12.4 Å². The molecule has 0 amide bonds. The second-order valence-corrected chi connectivity index (χ2v) is 5.82. The summed E-state index contributed by atoms with van der Waals surface area (Å²) in [5.74, 6) is 0.688. The number of aromatic amines is 1. The summed E-state index contributed by atoms with van der Waals surface area (Å²) in [6, 6.07) is 13.9. The summed E-state index contributed by atoms with van der Waals surface area (Å²) in [7, 11) is 0. The Morgan fingerprint density at radius 3 is 2.17 bits per heavy atom. The number of hydrogen-bond acceptors (Lipinski definition) is 3. The molecule has 0 saturated carbocycles. The van der Waals surface area contributed by atoms with E-state index < -0.39 is 0 Å². The third-order valence-electron chi connectivity index (χ3n) is 3.68. The Balaban J connectivity index is 1.76. The molecule has 0 aliphatic rings. The number of rotatable bonds is 4. The maximum atomic E-state index is 4.64. The molecule has 24 heavy (non-hydrogen) atoms. The van der Waals surface area contributed by atoms with E-state index in [9.17, 15) is 0 Å². The van der Waals surface area contributed by atoms with Crippen LogP contribution in [0.1, 0.15) is 28.1 Å². The van der Waals surface area contributed by atoms with Crippen LogP contribution < -0.4 is 0 Å². The van der Waals surface area contributed by atoms with Crippen LogP contribution in [0.15, 0.2) is 58.6 Å². The number of benzene rings is 1. The molecule has 0 atom stereocenters. The van der Waals surface area contributed by atoms with Gasteiger partial charge in [0.2, 0.25) is 0 Å². The van der Waals surface area contributed by atoms with Crippen molar-refractivity contribution in [3.8, 4) is 0 Å². The number of aromatic nitrogens is 2. The molecule has 1 N–H and O–H groups in total. The van der Waals surface area contributed by atoms with Gasteiger partial charge in [-0.15, -0.1) is 0 Å². The Bertz CT molecular complexity index is 866. The lowest BCUT2D eigenvalue weighted by Crippen LogP contribution is -1.87. The summed E-state index contributed by atoms with van der Waals surface area (Å²) in [5.41, 5.74) is 6.52. The molecular formula is C20H20N4. The third kappa shape index (κ3) is 3.84. The topological polar surface area (TPSA) is 53.4 Å². The standard InChI is InChI=1S/C20H20N4/c1-14-10-15(2)20(16(3)11-14)23-13-18-8-7-17(24-18)12-22-19-6-4-5-9-21-19/h4-13,24H,1-3H3/b22-12+,23-13?. The minimum Gasteiger partial charge on any atom is -0.353 e. The van der Waals surface area contributed by atoms with Crippen LogP contribution in [-0.2, 0) is 0 Å². The van der Waals surface area contributed by atoms with Gasteiger partial charge in [0, 0.05) is 6.20 Å². The van der Waals surface area contributed by atoms with E-state index >= 15 is 0 Å². The molecule has 120 valence electrons. The fourth-order valence-corrected chi connectivity index (χ4v) is 2.66. The summed E-state index contributed by atoms with van der Waals surface area (Å²) in [4.78, 5) is 16.4. The van der Waals surface area contributed by atoms with Crippen LogP contribution in [0.25, 0.3) is 0 Å². The van der Waals surface area contributed by atoms with E-state index in [4.69, 9.17) is 0 Å². The zero-order valence-electron chi connectivity index (χ0n) is 14.1. The van der Waals surface area contributed by atoms with E-state index in [1.165, 1.54) is 16.7 Å². The first-order valence-electron chi connectivity index (χ1n) is 7.88. The van der Waals surface area contributed by atoms with Gasteiger partial charge in [0.05, 0.1) is 29.5 Å². The number of pyridine rings is 1. The highest BCUT2D eigenvalue weighted by Crippen LogP contribution is 2.24. The fourth-order valence-electron chi connectivity index (χ4n) is 2.66. The average molecular weight is 316 g/mol. The first-order valence-corrected chi connectivity index (χ1v) is 7.88. The molecule has 0 unspecified atom stereocenters. The number of H-pyrrole nitrogens is 1. The molecule has 0 saturated heterocycles. The molecule has 3 rings (SSSR count). The van der Waals surface area contributed by atoms with E-state index in [2.05, 4.69) is 52.9 Å². The van der Waals surface area contributed by atoms with E-state index in [0.717, 1.165) is 17.1 Å². The van der Waals surface area contributed by atoms with Crippen molar-refractivity contribution in [2.75, 3.05) is 0 Å². The molecule has 1 aromatic carbocycles. The maximum Gasteiger partial charge on any atom is 0.151 e. The molecular weight excluding hydrogens is 296 g/mol. The number of nitrogens with zero attached hydrogens (tertiary/aromatic N) is 3. The highest BCUT2D eigenvalue weighted by atomic mass is 14.9. The SMILES string of the molecule is Cc1cc(C)c(N=Cc2ccc(/C=N/c3ccccn3)[nH]2)c(C)c1. The summed E-state index contributed by atoms with van der Waals surface area (Å²) in [5, 5.41) is 0. The lowest BCUT2D eigenvalue weighted by molar-refractivity contribution is 1.27. The van der Waals surface area contributed by atoms with E-state index in [0.29, 0.717) is 5.82 Å². The Morgan fingerprint density at radius 1 is 0.875 bits per heavy atom. The van der Waals surface area contributed by atoms with Crippen LogP contribution in [0.5, 0.6) is 0 Å². The molecule has 0 aliphatic carbocycles. The number of aliphatic imine (C=N–C) groups is 2. The molecule has 0 spiro atoms. The quantitative estimate of drug-likeness (QED) is 0.688. The molecule has 4 nitrogen and oxygen atoms in total. The first kappa shape index (κ1) is 15.9. The van der Waals surface area contributed by atoms with Gasteiger partial charge in [0.15, 0.2) is 5.82 Å². The third-order valence-corrected chi connectivity index (χ3v) is 3.68. The van der Waals surface area contributed by atoms with Crippen molar-refractivity contribution >= 4 is 23.9 Å². The van der Waals surface area contributed by atoms with Gasteiger partial charge in [-0.05, 0) is 56.2 Å². The Hall–Kier alpha value is -3.01. The molecule has 4 heteroatoms. The van der Waals surface area contributed by atoms with Crippen LogP contribution in [0.4, 0.5) is 11.5 Å². The normalized spacial score (nSPS) is 11.6. The molecule has 0 bridgehead atoms. The summed E-state index contributed by atoms with van der Waals surface area (Å²) >= 11 is 0. The van der Waals surface area contributed by atoms with Crippen molar-refractivity contribution in [2.45, 2.75) is 20.8 Å². The Kier molecular flexibility index (Phi) is 4.66. The van der Waals surface area contributed by atoms with E-state index in [1.807, 2.05) is 36.5 Å². The van der Waals surface area contributed by atoms with Gasteiger partial charge in [-0.25, -0.2) is 9.98 Å². The summed E-state index contributed by atoms with van der Waals surface area (Å²) in [6.45, 7) is 6.28. The van der Waals surface area contributed by atoms with Gasteiger partial charge in [0.1, 0.15) is 0 Å². The predicted molar refractivity (Wildman–Crippen MR) is 100 cm³/mol. The van der Waals surface area contributed by atoms with Crippen molar-refractivity contribution in [3.05, 3.63) is 76.7 Å². The highest BCUT2D eigenvalue weighted by Gasteiger charge is 2.02. The minimum absolute atomic E-state index is 0.688. The van der Waals surface area contributed by atoms with Gasteiger partial charge in [-0.3, -0.25) is 4.99 Å². The van der Waals surface area contributed by atoms with Crippen molar-refractivity contribution in [3.63, 3.8) is 0 Å². The van der Waals surface area contributed by atoms with Crippen molar-refractivity contribution in [1.82, 2.24) is 9.97 Å². The van der Waals surface area contributed by atoms with Crippen LogP contribution in [0.3, 0.4) is 0 Å². The molecule has 2 heterocycles. The van der Waals surface area contributed by atoms with Crippen molar-refractivity contribution < 1.29 is 0 Å². The molecule has 0 radical (unpaired) electrons. The minimum atomic E-state index is 0.688. The Morgan fingerprint density at radius 2 is 1.54 bits per heavy atom. The number of aryl methyl sites for hydroxylation is 3. The summed E-state index contributed by atoms with van der Waals surface area (Å²) in [6.07, 6.45) is 5.34. The van der Waals surface area contributed by atoms with Gasteiger partial charge < -0.3 is 4.98 Å². The second kappa shape index (κ2) is 7.04. The Labute approximate surface area is 142 Å². The zero-order chi connectivity index (χ0) is 16.9. The van der Waals surface area contributed by atoms with Gasteiger partial charge in [0.25, 0.3) is 0 Å². The van der Waals surface area contributed by atoms with Crippen LogP contribution in [0, 0.1) is 20.8 Å². The largest absolute Gasteiger partial charge is 0.353 e.